The molecular weight excluding hydrogens is 471 g/mol. The zero-order chi connectivity index (χ0) is 24.9. The van der Waals surface area contributed by atoms with E-state index < -0.39 is 33.0 Å². The number of halogens is 3. The Kier molecular flexibility index (Phi) is 4.55. The molecule has 2 aromatic heterocycles. The van der Waals surface area contributed by atoms with Gasteiger partial charge in [-0.05, 0) is 57.7 Å². The first-order valence-electron chi connectivity index (χ1n) is 10.6. The van der Waals surface area contributed by atoms with E-state index >= 15 is 0 Å². The number of nitrogens with one attached hydrogen (secondary N) is 1. The van der Waals surface area contributed by atoms with Gasteiger partial charge >= 0.3 is 6.18 Å². The first-order valence-corrected chi connectivity index (χ1v) is 12.1. The van der Waals surface area contributed by atoms with Crippen LogP contribution < -0.4 is 10.5 Å². The van der Waals surface area contributed by atoms with Crippen LogP contribution >= 0.6 is 0 Å². The normalized spacial score (nSPS) is 24.7. The average molecular weight is 496 g/mol. The van der Waals surface area contributed by atoms with Crippen LogP contribution in [-0.2, 0) is 16.2 Å². The number of nitrogens with two attached hydrogens (primary N) is 1. The molecule has 3 saturated carbocycles. The number of nitrogens with zero attached hydrogens (tertiary/aromatic N) is 3. The van der Waals surface area contributed by atoms with Crippen LogP contribution in [0.5, 0.6) is 0 Å². The zero-order valence-electron chi connectivity index (χ0n) is 18.7. The van der Waals surface area contributed by atoms with E-state index in [9.17, 15) is 26.7 Å². The molecule has 12 heteroatoms. The van der Waals surface area contributed by atoms with Gasteiger partial charge in [0.25, 0.3) is 0 Å². The first-order chi connectivity index (χ1) is 15.6. The highest BCUT2D eigenvalue weighted by atomic mass is 32.2. The van der Waals surface area contributed by atoms with E-state index in [-0.39, 0.29) is 27.5 Å². The second-order valence-electron chi connectivity index (χ2n) is 10.1. The Morgan fingerprint density at radius 1 is 1.21 bits per heavy atom. The second kappa shape index (κ2) is 6.70. The third-order valence-corrected chi connectivity index (χ3v) is 8.86. The van der Waals surface area contributed by atoms with Gasteiger partial charge in [0, 0.05) is 22.7 Å². The lowest BCUT2D eigenvalue weighted by Gasteiger charge is -2.74. The van der Waals surface area contributed by atoms with Crippen LogP contribution in [-0.4, -0.2) is 39.0 Å². The fraction of sp³-hybridized carbons (Fsp3) is 0.455. The van der Waals surface area contributed by atoms with Gasteiger partial charge in [-0.3, -0.25) is 4.40 Å². The highest BCUT2D eigenvalue weighted by Gasteiger charge is 2.73. The summed E-state index contributed by atoms with van der Waals surface area (Å²) in [5.41, 5.74) is 4.15. The Hall–Kier alpha value is -2.70. The molecule has 0 atom stereocenters. The Morgan fingerprint density at radius 3 is 2.44 bits per heavy atom. The van der Waals surface area contributed by atoms with E-state index in [1.165, 1.54) is 22.7 Å². The van der Waals surface area contributed by atoms with Crippen molar-refractivity contribution in [3.05, 3.63) is 41.9 Å². The highest BCUT2D eigenvalue weighted by Crippen LogP contribution is 2.71. The predicted octanol–water partition coefficient (Wildman–Crippen LogP) is 3.28. The van der Waals surface area contributed by atoms with Crippen molar-refractivity contribution in [2.75, 3.05) is 5.73 Å². The summed E-state index contributed by atoms with van der Waals surface area (Å²) in [6.07, 6.45) is -0.903. The summed E-state index contributed by atoms with van der Waals surface area (Å²) in [6, 6.07) is 4.47. The number of aliphatic hydroxyl groups is 1. The Bertz CT molecular complexity index is 1420. The minimum absolute atomic E-state index is 0.0110. The van der Waals surface area contributed by atoms with Gasteiger partial charge in [0.2, 0.25) is 10.0 Å². The predicted molar refractivity (Wildman–Crippen MR) is 118 cm³/mol. The first kappa shape index (κ1) is 23.1. The van der Waals surface area contributed by atoms with Gasteiger partial charge in [0.15, 0.2) is 17.2 Å². The maximum atomic E-state index is 13.3. The number of alkyl halides is 3. The van der Waals surface area contributed by atoms with Crippen LogP contribution in [0.4, 0.5) is 19.0 Å². The number of aryl methyl sites for hydroxylation is 1. The van der Waals surface area contributed by atoms with Crippen LogP contribution in [0.15, 0.2) is 35.5 Å². The largest absolute Gasteiger partial charge is 0.434 e. The number of aromatic nitrogens is 3. The third-order valence-electron chi connectivity index (χ3n) is 7.28. The number of rotatable bonds is 5. The molecule has 0 amide bonds. The number of hydrogen-bond acceptors (Lipinski definition) is 6. The minimum atomic E-state index is -4.71. The van der Waals surface area contributed by atoms with Gasteiger partial charge in [-0.15, -0.1) is 0 Å². The van der Waals surface area contributed by atoms with Crippen molar-refractivity contribution in [3.63, 3.8) is 0 Å². The molecule has 3 aliphatic carbocycles. The zero-order valence-corrected chi connectivity index (χ0v) is 19.5. The molecule has 3 aliphatic rings. The van der Waals surface area contributed by atoms with Crippen LogP contribution in [0.2, 0.25) is 0 Å². The van der Waals surface area contributed by atoms with E-state index in [0.717, 1.165) is 6.20 Å². The summed E-state index contributed by atoms with van der Waals surface area (Å²) < 4.78 is 70.2. The van der Waals surface area contributed by atoms with Gasteiger partial charge in [0.05, 0.1) is 22.4 Å². The molecule has 6 rings (SSSR count). The molecule has 182 valence electrons. The fourth-order valence-corrected chi connectivity index (χ4v) is 6.71. The Labute approximate surface area is 194 Å². The van der Waals surface area contributed by atoms with E-state index in [0.29, 0.717) is 30.4 Å². The number of benzene rings is 1. The number of nitrogen functional groups attached to an aromatic ring is 1. The van der Waals surface area contributed by atoms with Gasteiger partial charge < -0.3 is 10.8 Å². The number of imidazole rings is 1. The standard InChI is InChI=1S/C22H24F3N5O3S/c1-12-4-5-13(34(32,33)29-21-9-20(10-21,11-21)19(2,3)31)6-14(12)15-7-27-18-17(26)28-16(8-30(15)18)22(23,24)25/h4-8,29,31H,9-11H2,1-3H3,(H2,26,28). The van der Waals surface area contributed by atoms with Gasteiger partial charge in [-0.1, -0.05) is 6.07 Å². The van der Waals surface area contributed by atoms with Crippen molar-refractivity contribution in [3.8, 4) is 11.3 Å². The number of sulfonamides is 1. The van der Waals surface area contributed by atoms with Crippen molar-refractivity contribution in [2.24, 2.45) is 5.41 Å². The highest BCUT2D eigenvalue weighted by molar-refractivity contribution is 7.89. The van der Waals surface area contributed by atoms with Crippen molar-refractivity contribution in [2.45, 2.75) is 62.2 Å². The SMILES string of the molecule is Cc1ccc(S(=O)(=O)NC23CC(C(C)(C)O)(C2)C3)cc1-c1cnc2c(N)nc(C(F)(F)F)cn12. The summed E-state index contributed by atoms with van der Waals surface area (Å²) in [7, 11) is -3.91. The van der Waals surface area contributed by atoms with Crippen LogP contribution in [0.3, 0.4) is 0 Å². The average Bonchev–Trinajstić information content (AvgIpc) is 3.06. The van der Waals surface area contributed by atoms with E-state index in [1.807, 2.05) is 0 Å². The van der Waals surface area contributed by atoms with Gasteiger partial charge in [0.1, 0.15) is 0 Å². The molecule has 4 N–H and O–H groups in total. The van der Waals surface area contributed by atoms with Crippen molar-refractivity contribution in [1.29, 1.82) is 0 Å². The molecule has 0 aliphatic heterocycles. The topological polar surface area (TPSA) is 123 Å². The maximum Gasteiger partial charge on any atom is 0.434 e. The molecule has 0 unspecified atom stereocenters. The summed E-state index contributed by atoms with van der Waals surface area (Å²) >= 11 is 0. The monoisotopic (exact) mass is 495 g/mol. The van der Waals surface area contributed by atoms with E-state index in [4.69, 9.17) is 5.73 Å². The second-order valence-corrected chi connectivity index (χ2v) is 11.8. The Balaban J connectivity index is 1.51. The quantitative estimate of drug-likeness (QED) is 0.499. The van der Waals surface area contributed by atoms with E-state index in [2.05, 4.69) is 14.7 Å². The molecule has 3 fully saturated rings. The fourth-order valence-electron chi connectivity index (χ4n) is 5.28. The van der Waals surface area contributed by atoms with E-state index in [1.54, 1.807) is 26.8 Å². The smallest absolute Gasteiger partial charge is 0.390 e. The molecule has 2 bridgehead atoms. The molecule has 3 aromatic rings. The summed E-state index contributed by atoms with van der Waals surface area (Å²) in [5, 5.41) is 10.3. The molecule has 0 saturated heterocycles. The van der Waals surface area contributed by atoms with Crippen LogP contribution in [0.1, 0.15) is 44.4 Å². The van der Waals surface area contributed by atoms with Crippen molar-refractivity contribution < 1.29 is 26.7 Å². The molecular formula is C22H24F3N5O3S. The van der Waals surface area contributed by atoms with Gasteiger partial charge in [-0.25, -0.2) is 23.1 Å². The minimum Gasteiger partial charge on any atom is -0.390 e. The lowest BCUT2D eigenvalue weighted by Crippen LogP contribution is -2.79. The molecule has 1 aromatic carbocycles. The molecule has 34 heavy (non-hydrogen) atoms. The lowest BCUT2D eigenvalue weighted by molar-refractivity contribution is -0.244. The molecule has 2 heterocycles. The van der Waals surface area contributed by atoms with Gasteiger partial charge in [-0.2, -0.15) is 13.2 Å². The summed E-state index contributed by atoms with van der Waals surface area (Å²) in [6.45, 7) is 5.19. The number of hydrogen-bond donors (Lipinski definition) is 3. The summed E-state index contributed by atoms with van der Waals surface area (Å²) in [5.74, 6) is -0.381. The van der Waals surface area contributed by atoms with Crippen molar-refractivity contribution >= 4 is 21.5 Å². The molecule has 0 radical (unpaired) electrons. The van der Waals surface area contributed by atoms with Crippen LogP contribution in [0, 0.1) is 12.3 Å². The number of anilines is 1. The summed E-state index contributed by atoms with van der Waals surface area (Å²) in [4.78, 5) is 7.47. The molecule has 8 nitrogen and oxygen atoms in total. The Morgan fingerprint density at radius 2 is 1.85 bits per heavy atom. The lowest BCUT2D eigenvalue weighted by atomic mass is 9.35. The molecule has 0 spiro atoms. The van der Waals surface area contributed by atoms with Crippen LogP contribution in [0.25, 0.3) is 16.9 Å². The van der Waals surface area contributed by atoms with Crippen molar-refractivity contribution in [1.82, 2.24) is 19.1 Å². The third kappa shape index (κ3) is 3.30. The number of fused-ring (bicyclic) bond motifs is 1. The maximum absolute atomic E-state index is 13.3.